The minimum absolute atomic E-state index is 0.294. The summed E-state index contributed by atoms with van der Waals surface area (Å²) < 4.78 is 1.97. The molecule has 1 heterocycles. The summed E-state index contributed by atoms with van der Waals surface area (Å²) in [4.78, 5) is 0. The van der Waals surface area contributed by atoms with Gasteiger partial charge in [-0.15, -0.1) is 11.6 Å². The Morgan fingerprint density at radius 2 is 2.24 bits per heavy atom. The van der Waals surface area contributed by atoms with Gasteiger partial charge in [0.25, 0.3) is 0 Å². The highest BCUT2D eigenvalue weighted by Crippen LogP contribution is 2.23. The van der Waals surface area contributed by atoms with E-state index in [0.29, 0.717) is 11.4 Å². The number of hydrogen-bond donors (Lipinski definition) is 1. The maximum absolute atomic E-state index is 6.34. The zero-order chi connectivity index (χ0) is 12.3. The molecule has 1 N–H and O–H groups in total. The van der Waals surface area contributed by atoms with E-state index in [9.17, 15) is 0 Å². The lowest BCUT2D eigenvalue weighted by Gasteiger charge is -2.27. The number of aromatic nitrogens is 2. The van der Waals surface area contributed by atoms with Crippen LogP contribution in [-0.4, -0.2) is 21.2 Å². The van der Waals surface area contributed by atoms with Crippen molar-refractivity contribution in [1.82, 2.24) is 15.1 Å². The van der Waals surface area contributed by atoms with E-state index < -0.39 is 0 Å². The summed E-state index contributed by atoms with van der Waals surface area (Å²) >= 11 is 6.34. The Kier molecular flexibility index (Phi) is 4.46. The van der Waals surface area contributed by atoms with Crippen LogP contribution in [0.4, 0.5) is 0 Å². The third kappa shape index (κ3) is 3.23. The fourth-order valence-electron chi connectivity index (χ4n) is 2.46. The van der Waals surface area contributed by atoms with Gasteiger partial charge in [-0.25, -0.2) is 0 Å². The largest absolute Gasteiger partial charge is 0.307 e. The first-order valence-corrected chi connectivity index (χ1v) is 7.03. The second-order valence-corrected chi connectivity index (χ2v) is 5.45. The summed E-state index contributed by atoms with van der Waals surface area (Å²) in [5, 5.41) is 8.32. The normalized spacial score (nSPS) is 25.1. The van der Waals surface area contributed by atoms with Crippen LogP contribution >= 0.6 is 11.6 Å². The molecule has 2 rings (SSSR count). The molecule has 0 aliphatic heterocycles. The van der Waals surface area contributed by atoms with E-state index in [1.54, 1.807) is 0 Å². The Morgan fingerprint density at radius 3 is 2.88 bits per heavy atom. The third-order valence-electron chi connectivity index (χ3n) is 3.62. The molecule has 0 aromatic carbocycles. The smallest absolute Gasteiger partial charge is 0.0625 e. The van der Waals surface area contributed by atoms with Gasteiger partial charge in [0.1, 0.15) is 0 Å². The van der Waals surface area contributed by atoms with Crippen LogP contribution in [0.15, 0.2) is 6.07 Å². The van der Waals surface area contributed by atoms with Crippen LogP contribution in [0.25, 0.3) is 0 Å². The molecule has 1 aliphatic carbocycles. The Hall–Kier alpha value is -0.540. The molecule has 0 amide bonds. The van der Waals surface area contributed by atoms with Gasteiger partial charge in [-0.1, -0.05) is 19.8 Å². The number of hydrogen-bond acceptors (Lipinski definition) is 2. The van der Waals surface area contributed by atoms with Crippen molar-refractivity contribution in [3.63, 3.8) is 0 Å². The Morgan fingerprint density at radius 1 is 1.47 bits per heavy atom. The van der Waals surface area contributed by atoms with Gasteiger partial charge in [0, 0.05) is 25.0 Å². The van der Waals surface area contributed by atoms with E-state index in [4.69, 9.17) is 11.6 Å². The monoisotopic (exact) mass is 255 g/mol. The molecule has 1 saturated carbocycles. The first-order valence-electron chi connectivity index (χ1n) is 6.60. The predicted octanol–water partition coefficient (Wildman–Crippen LogP) is 2.62. The zero-order valence-electron chi connectivity index (χ0n) is 10.7. The van der Waals surface area contributed by atoms with E-state index in [2.05, 4.69) is 23.4 Å². The van der Waals surface area contributed by atoms with E-state index in [-0.39, 0.29) is 0 Å². The summed E-state index contributed by atoms with van der Waals surface area (Å²) in [6, 6.07) is 2.64. The van der Waals surface area contributed by atoms with Gasteiger partial charge in [-0.2, -0.15) is 5.10 Å². The molecular formula is C13H22ClN3. The average molecular weight is 256 g/mol. The summed E-state index contributed by atoms with van der Waals surface area (Å²) in [6.45, 7) is 3.01. The number of nitrogens with one attached hydrogen (secondary N) is 1. The molecule has 0 bridgehead atoms. The van der Waals surface area contributed by atoms with Crippen LogP contribution < -0.4 is 5.32 Å². The number of halogens is 1. The van der Waals surface area contributed by atoms with Crippen LogP contribution in [0.5, 0.6) is 0 Å². The van der Waals surface area contributed by atoms with Crippen molar-refractivity contribution in [3.8, 4) is 0 Å². The maximum Gasteiger partial charge on any atom is 0.0625 e. The number of nitrogens with zero attached hydrogens (tertiary/aromatic N) is 2. The zero-order valence-corrected chi connectivity index (χ0v) is 11.5. The second-order valence-electron chi connectivity index (χ2n) is 4.89. The van der Waals surface area contributed by atoms with Crippen molar-refractivity contribution in [1.29, 1.82) is 0 Å². The predicted molar refractivity (Wildman–Crippen MR) is 71.3 cm³/mol. The molecule has 96 valence electrons. The number of alkyl halides is 1. The summed E-state index contributed by atoms with van der Waals surface area (Å²) in [7, 11) is 2.01. The molecule has 2 unspecified atom stereocenters. The van der Waals surface area contributed by atoms with Crippen molar-refractivity contribution >= 4 is 11.6 Å². The average Bonchev–Trinajstić information content (AvgIpc) is 2.69. The van der Waals surface area contributed by atoms with Crippen molar-refractivity contribution < 1.29 is 0 Å². The summed E-state index contributed by atoms with van der Waals surface area (Å²) in [6.07, 6.45) is 5.91. The van der Waals surface area contributed by atoms with E-state index in [1.165, 1.54) is 25.0 Å². The molecule has 3 nitrogen and oxygen atoms in total. The molecule has 0 radical (unpaired) electrons. The van der Waals surface area contributed by atoms with Crippen LogP contribution in [-0.2, 0) is 20.0 Å². The van der Waals surface area contributed by atoms with E-state index >= 15 is 0 Å². The van der Waals surface area contributed by atoms with Crippen LogP contribution in [0.1, 0.15) is 44.0 Å². The standard InChI is InChI=1S/C13H22ClN3/c1-3-10-8-11(17(2)16-10)9-15-13-7-5-4-6-12(13)14/h8,12-13,15H,3-7,9H2,1-2H3. The fourth-order valence-corrected chi connectivity index (χ4v) is 2.83. The Balaban J connectivity index is 1.90. The first-order chi connectivity index (χ1) is 8.20. The first kappa shape index (κ1) is 12.9. The SMILES string of the molecule is CCc1cc(CNC2CCCCC2Cl)n(C)n1. The Labute approximate surface area is 109 Å². The van der Waals surface area contributed by atoms with Crippen LogP contribution in [0, 0.1) is 0 Å². The van der Waals surface area contributed by atoms with Gasteiger partial charge in [-0.3, -0.25) is 4.68 Å². The number of aryl methyl sites for hydroxylation is 2. The van der Waals surface area contributed by atoms with Crippen LogP contribution in [0.3, 0.4) is 0 Å². The minimum atomic E-state index is 0.294. The molecule has 2 atom stereocenters. The van der Waals surface area contributed by atoms with Gasteiger partial charge < -0.3 is 5.32 Å². The quantitative estimate of drug-likeness (QED) is 0.839. The van der Waals surface area contributed by atoms with Crippen molar-refractivity contribution in [2.75, 3.05) is 0 Å². The topological polar surface area (TPSA) is 29.9 Å². The van der Waals surface area contributed by atoms with Crippen molar-refractivity contribution in [3.05, 3.63) is 17.5 Å². The summed E-state index contributed by atoms with van der Waals surface area (Å²) in [5.74, 6) is 0. The summed E-state index contributed by atoms with van der Waals surface area (Å²) in [5.41, 5.74) is 2.41. The molecule has 0 saturated heterocycles. The molecule has 1 aromatic rings. The van der Waals surface area contributed by atoms with Gasteiger partial charge in [0.2, 0.25) is 0 Å². The Bertz CT molecular complexity index is 362. The van der Waals surface area contributed by atoms with Gasteiger partial charge >= 0.3 is 0 Å². The van der Waals surface area contributed by atoms with Crippen LogP contribution in [0.2, 0.25) is 0 Å². The maximum atomic E-state index is 6.34. The molecule has 0 spiro atoms. The number of rotatable bonds is 4. The molecular weight excluding hydrogens is 234 g/mol. The molecule has 1 aromatic heterocycles. The molecule has 4 heteroatoms. The molecule has 1 fully saturated rings. The highest BCUT2D eigenvalue weighted by Gasteiger charge is 2.22. The molecule has 17 heavy (non-hydrogen) atoms. The highest BCUT2D eigenvalue weighted by atomic mass is 35.5. The second kappa shape index (κ2) is 5.87. The third-order valence-corrected chi connectivity index (χ3v) is 4.14. The van der Waals surface area contributed by atoms with Crippen molar-refractivity contribution in [2.24, 2.45) is 7.05 Å². The van der Waals surface area contributed by atoms with Gasteiger partial charge in [-0.05, 0) is 25.3 Å². The van der Waals surface area contributed by atoms with E-state index in [1.807, 2.05) is 11.7 Å². The minimum Gasteiger partial charge on any atom is -0.307 e. The van der Waals surface area contributed by atoms with Gasteiger partial charge in [0.05, 0.1) is 11.4 Å². The lowest BCUT2D eigenvalue weighted by molar-refractivity contribution is 0.374. The fraction of sp³-hybridized carbons (Fsp3) is 0.769. The lowest BCUT2D eigenvalue weighted by atomic mass is 9.95. The van der Waals surface area contributed by atoms with E-state index in [0.717, 1.165) is 25.1 Å². The molecule has 1 aliphatic rings. The van der Waals surface area contributed by atoms with Gasteiger partial charge in [0.15, 0.2) is 0 Å². The van der Waals surface area contributed by atoms with Crippen molar-refractivity contribution in [2.45, 2.75) is 57.0 Å². The lowest BCUT2D eigenvalue weighted by Crippen LogP contribution is -2.39. The highest BCUT2D eigenvalue weighted by molar-refractivity contribution is 6.21.